The Balaban J connectivity index is 1.83. The van der Waals surface area contributed by atoms with Gasteiger partial charge in [0, 0.05) is 7.05 Å². The summed E-state index contributed by atoms with van der Waals surface area (Å²) in [6.07, 6.45) is -2.29. The summed E-state index contributed by atoms with van der Waals surface area (Å²) in [5.74, 6) is -0.528. The maximum Gasteiger partial charge on any atom is 0.417 e. The number of carbonyl (C=O) groups is 1. The highest BCUT2D eigenvalue weighted by atomic mass is 35.5. The molecule has 1 aromatic heterocycles. The van der Waals surface area contributed by atoms with E-state index in [4.69, 9.17) is 20.8 Å². The van der Waals surface area contributed by atoms with Crippen molar-refractivity contribution in [2.45, 2.75) is 11.1 Å². The summed E-state index contributed by atoms with van der Waals surface area (Å²) >= 11 is 5.55. The number of carbonyl (C=O) groups excluding carboxylic acids is 1. The lowest BCUT2D eigenvalue weighted by Gasteiger charge is -2.20. The number of anilines is 1. The summed E-state index contributed by atoms with van der Waals surface area (Å²) in [5, 5.41) is -0.604. The molecule has 0 aliphatic rings. The average molecular weight is 460 g/mol. The van der Waals surface area contributed by atoms with Crippen LogP contribution in [0, 0.1) is 0 Å². The number of rotatable bonds is 5. The number of furan rings is 1. The smallest absolute Gasteiger partial charge is 0.417 e. The number of hydrogen-bond donors (Lipinski definition) is 0. The molecule has 0 saturated carbocycles. The quantitative estimate of drug-likeness (QED) is 0.396. The lowest BCUT2D eigenvalue weighted by Crippen LogP contribution is -2.27. The molecule has 0 bridgehead atoms. The fourth-order valence-corrected chi connectivity index (χ4v) is 3.90. The molecule has 0 N–H and O–H groups in total. The minimum atomic E-state index is -4.80. The Bertz CT molecular complexity index is 1160. The Morgan fingerprint density at radius 1 is 1.10 bits per heavy atom. The Morgan fingerprint density at radius 3 is 2.33 bits per heavy atom. The zero-order valence-electron chi connectivity index (χ0n) is 15.2. The molecule has 3 aromatic rings. The topological polar surface area (TPSA) is 76.8 Å². The van der Waals surface area contributed by atoms with Crippen molar-refractivity contribution in [3.8, 4) is 5.75 Å². The SMILES string of the molecule is CN(c1ccc(OC(=O)c2ccoc2)cc1)S(=O)(=O)c1ccc(Cl)c(C(F)(F)F)c1. The number of ether oxygens (including phenoxy) is 1. The van der Waals surface area contributed by atoms with Gasteiger partial charge in [-0.1, -0.05) is 11.6 Å². The normalized spacial score (nSPS) is 11.9. The molecule has 3 rings (SSSR count). The van der Waals surface area contributed by atoms with Crippen LogP contribution in [0.3, 0.4) is 0 Å². The highest BCUT2D eigenvalue weighted by Crippen LogP contribution is 2.36. The zero-order chi connectivity index (χ0) is 22.1. The first-order chi connectivity index (χ1) is 14.0. The van der Waals surface area contributed by atoms with Crippen LogP contribution in [0.4, 0.5) is 18.9 Å². The van der Waals surface area contributed by atoms with Crippen LogP contribution in [0.15, 0.2) is 70.4 Å². The van der Waals surface area contributed by atoms with E-state index in [2.05, 4.69) is 0 Å². The van der Waals surface area contributed by atoms with Gasteiger partial charge in [0.2, 0.25) is 0 Å². The van der Waals surface area contributed by atoms with Crippen molar-refractivity contribution < 1.29 is 35.5 Å². The number of hydrogen-bond acceptors (Lipinski definition) is 5. The first-order valence-corrected chi connectivity index (χ1v) is 10.0. The highest BCUT2D eigenvalue weighted by Gasteiger charge is 2.35. The second kappa shape index (κ2) is 8.04. The monoisotopic (exact) mass is 459 g/mol. The summed E-state index contributed by atoms with van der Waals surface area (Å²) in [6, 6.07) is 9.15. The first kappa shape index (κ1) is 21.7. The van der Waals surface area contributed by atoms with Gasteiger partial charge in [-0.25, -0.2) is 13.2 Å². The zero-order valence-corrected chi connectivity index (χ0v) is 16.8. The van der Waals surface area contributed by atoms with E-state index in [1.165, 1.54) is 49.9 Å². The maximum atomic E-state index is 13.1. The summed E-state index contributed by atoms with van der Waals surface area (Å²) in [5.41, 5.74) is -0.913. The van der Waals surface area contributed by atoms with Gasteiger partial charge in [0.1, 0.15) is 12.0 Å². The van der Waals surface area contributed by atoms with Crippen LogP contribution in [0.5, 0.6) is 5.75 Å². The number of nitrogens with zero attached hydrogens (tertiary/aromatic N) is 1. The van der Waals surface area contributed by atoms with Crippen molar-refractivity contribution in [3.05, 3.63) is 77.2 Å². The molecule has 30 heavy (non-hydrogen) atoms. The Labute approximate surface area is 174 Å². The second-order valence-corrected chi connectivity index (χ2v) is 8.38. The molecule has 0 fully saturated rings. The van der Waals surface area contributed by atoms with Gasteiger partial charge in [0.15, 0.2) is 0 Å². The van der Waals surface area contributed by atoms with E-state index < -0.39 is 37.7 Å². The Kier molecular flexibility index (Phi) is 5.82. The van der Waals surface area contributed by atoms with Gasteiger partial charge in [-0.15, -0.1) is 0 Å². The van der Waals surface area contributed by atoms with Crippen molar-refractivity contribution in [2.24, 2.45) is 0 Å². The third-order valence-electron chi connectivity index (χ3n) is 4.07. The van der Waals surface area contributed by atoms with Gasteiger partial charge < -0.3 is 9.15 Å². The average Bonchev–Trinajstić information content (AvgIpc) is 3.22. The molecule has 6 nitrogen and oxygen atoms in total. The Morgan fingerprint density at radius 2 is 1.77 bits per heavy atom. The molecule has 158 valence electrons. The predicted molar refractivity (Wildman–Crippen MR) is 102 cm³/mol. The molecular formula is C19H13ClF3NO5S. The molecule has 0 amide bonds. The molecular weight excluding hydrogens is 447 g/mol. The van der Waals surface area contributed by atoms with Crippen molar-refractivity contribution >= 4 is 33.3 Å². The van der Waals surface area contributed by atoms with Crippen LogP contribution < -0.4 is 9.04 Å². The molecule has 0 radical (unpaired) electrons. The summed E-state index contributed by atoms with van der Waals surface area (Å²) < 4.78 is 75.4. The van der Waals surface area contributed by atoms with Crippen LogP contribution in [0.2, 0.25) is 5.02 Å². The minimum Gasteiger partial charge on any atom is -0.472 e. The van der Waals surface area contributed by atoms with Crippen molar-refractivity contribution in [1.82, 2.24) is 0 Å². The van der Waals surface area contributed by atoms with E-state index in [0.29, 0.717) is 6.07 Å². The van der Waals surface area contributed by atoms with Crippen LogP contribution in [-0.4, -0.2) is 21.4 Å². The second-order valence-electron chi connectivity index (χ2n) is 6.01. The first-order valence-electron chi connectivity index (χ1n) is 8.20. The number of benzene rings is 2. The molecule has 11 heteroatoms. The fraction of sp³-hybridized carbons (Fsp3) is 0.105. The Hall–Kier alpha value is -2.98. The van der Waals surface area contributed by atoms with Gasteiger partial charge in [-0.2, -0.15) is 13.2 Å². The molecule has 0 saturated heterocycles. The third kappa shape index (κ3) is 4.44. The number of sulfonamides is 1. The van der Waals surface area contributed by atoms with Crippen molar-refractivity contribution in [3.63, 3.8) is 0 Å². The van der Waals surface area contributed by atoms with Crippen LogP contribution in [0.25, 0.3) is 0 Å². The molecule has 1 heterocycles. The van der Waals surface area contributed by atoms with E-state index in [1.54, 1.807) is 0 Å². The van der Waals surface area contributed by atoms with Crippen LogP contribution in [0.1, 0.15) is 15.9 Å². The van der Waals surface area contributed by atoms with E-state index in [9.17, 15) is 26.4 Å². The maximum absolute atomic E-state index is 13.1. The van der Waals surface area contributed by atoms with Gasteiger partial charge in [-0.05, 0) is 48.5 Å². The summed E-state index contributed by atoms with van der Waals surface area (Å²) in [6.45, 7) is 0. The highest BCUT2D eigenvalue weighted by molar-refractivity contribution is 7.92. The standard InChI is InChI=1S/C19H13ClF3NO5S/c1-24(30(26,27)15-6-7-17(20)16(10-15)19(21,22)23)13-2-4-14(5-3-13)29-18(25)12-8-9-28-11-12/h2-11H,1H3. The van der Waals surface area contributed by atoms with E-state index in [1.807, 2.05) is 0 Å². The number of esters is 1. The number of alkyl halides is 3. The largest absolute Gasteiger partial charge is 0.472 e. The lowest BCUT2D eigenvalue weighted by atomic mass is 10.2. The van der Waals surface area contributed by atoms with Crippen molar-refractivity contribution in [1.29, 1.82) is 0 Å². The van der Waals surface area contributed by atoms with Gasteiger partial charge in [0.25, 0.3) is 10.0 Å². The lowest BCUT2D eigenvalue weighted by molar-refractivity contribution is -0.137. The summed E-state index contributed by atoms with van der Waals surface area (Å²) in [4.78, 5) is 11.3. The van der Waals surface area contributed by atoms with Crippen LogP contribution >= 0.6 is 11.6 Å². The van der Waals surface area contributed by atoms with Crippen LogP contribution in [-0.2, 0) is 16.2 Å². The predicted octanol–water partition coefficient (Wildman–Crippen LogP) is 5.00. The van der Waals surface area contributed by atoms with Crippen molar-refractivity contribution in [2.75, 3.05) is 11.4 Å². The molecule has 0 aliphatic carbocycles. The van der Waals surface area contributed by atoms with E-state index >= 15 is 0 Å². The van der Waals surface area contributed by atoms with Gasteiger partial charge >= 0.3 is 12.1 Å². The molecule has 0 atom stereocenters. The van der Waals surface area contributed by atoms with Gasteiger partial charge in [-0.3, -0.25) is 4.31 Å². The van der Waals surface area contributed by atoms with E-state index in [-0.39, 0.29) is 17.0 Å². The molecule has 2 aromatic carbocycles. The molecule has 0 aliphatic heterocycles. The molecule has 0 unspecified atom stereocenters. The molecule has 0 spiro atoms. The van der Waals surface area contributed by atoms with Gasteiger partial charge in [0.05, 0.1) is 33.0 Å². The fourth-order valence-electron chi connectivity index (χ4n) is 2.45. The minimum absolute atomic E-state index is 0.140. The number of halogens is 4. The van der Waals surface area contributed by atoms with E-state index in [0.717, 1.165) is 16.4 Å². The summed E-state index contributed by atoms with van der Waals surface area (Å²) in [7, 11) is -3.12. The third-order valence-corrected chi connectivity index (χ3v) is 6.18.